The van der Waals surface area contributed by atoms with Gasteiger partial charge in [0.2, 0.25) is 5.91 Å². The van der Waals surface area contributed by atoms with E-state index in [1.165, 1.54) is 19.3 Å². The summed E-state index contributed by atoms with van der Waals surface area (Å²) >= 11 is 0. The van der Waals surface area contributed by atoms with Gasteiger partial charge >= 0.3 is 0 Å². The van der Waals surface area contributed by atoms with Gasteiger partial charge < -0.3 is 5.32 Å². The molecule has 0 bridgehead atoms. The quantitative estimate of drug-likeness (QED) is 0.658. The lowest BCUT2D eigenvalue weighted by Gasteiger charge is -2.26. The highest BCUT2D eigenvalue weighted by molar-refractivity contribution is 5.82. The molecule has 0 saturated heterocycles. The Morgan fingerprint density at radius 1 is 1.62 bits per heavy atom. The van der Waals surface area contributed by atoms with Crippen molar-refractivity contribution in [2.24, 2.45) is 11.3 Å². The average molecular weight is 179 g/mol. The van der Waals surface area contributed by atoms with E-state index in [2.05, 4.69) is 5.32 Å². The fraction of sp³-hybridized carbons (Fsp3) is 0.727. The van der Waals surface area contributed by atoms with Crippen LogP contribution in [0, 0.1) is 11.3 Å². The highest BCUT2D eigenvalue weighted by Gasteiger charge is 2.60. The molecule has 1 amide bonds. The van der Waals surface area contributed by atoms with Gasteiger partial charge in [0.05, 0.1) is 0 Å². The van der Waals surface area contributed by atoms with Gasteiger partial charge in [-0.05, 0) is 31.6 Å². The third-order valence-electron chi connectivity index (χ3n) is 3.49. The van der Waals surface area contributed by atoms with Gasteiger partial charge in [0, 0.05) is 12.5 Å². The Labute approximate surface area is 79.4 Å². The van der Waals surface area contributed by atoms with Crippen LogP contribution in [0.15, 0.2) is 12.2 Å². The number of amides is 1. The molecule has 2 fully saturated rings. The van der Waals surface area contributed by atoms with Gasteiger partial charge in [0.25, 0.3) is 0 Å². The number of hydrogen-bond donors (Lipinski definition) is 1. The van der Waals surface area contributed by atoms with Crippen LogP contribution in [0.2, 0.25) is 0 Å². The van der Waals surface area contributed by atoms with Crippen molar-refractivity contribution in [3.05, 3.63) is 12.2 Å². The van der Waals surface area contributed by atoms with E-state index in [0.29, 0.717) is 17.9 Å². The number of rotatable bonds is 3. The smallest absolute Gasteiger partial charge is 0.223 e. The normalized spacial score (nSPS) is 28.8. The maximum atomic E-state index is 11.5. The van der Waals surface area contributed by atoms with Gasteiger partial charge in [-0.25, -0.2) is 0 Å². The van der Waals surface area contributed by atoms with Crippen molar-refractivity contribution in [3.8, 4) is 0 Å². The van der Waals surface area contributed by atoms with Crippen molar-refractivity contribution in [1.82, 2.24) is 5.32 Å². The zero-order valence-electron chi connectivity index (χ0n) is 8.18. The summed E-state index contributed by atoms with van der Waals surface area (Å²) in [7, 11) is 0. The van der Waals surface area contributed by atoms with Gasteiger partial charge in [-0.1, -0.05) is 18.6 Å². The lowest BCUT2D eigenvalue weighted by molar-refractivity contribution is -0.123. The molecule has 1 spiro atoms. The minimum Gasteiger partial charge on any atom is -0.352 e. The molecule has 0 aromatic carbocycles. The van der Waals surface area contributed by atoms with Gasteiger partial charge in [-0.3, -0.25) is 4.79 Å². The molecule has 0 aromatic rings. The molecule has 0 heterocycles. The lowest BCUT2D eigenvalue weighted by Crippen LogP contribution is -2.29. The Morgan fingerprint density at radius 3 is 2.85 bits per heavy atom. The van der Waals surface area contributed by atoms with Crippen molar-refractivity contribution in [3.63, 3.8) is 0 Å². The van der Waals surface area contributed by atoms with E-state index in [-0.39, 0.29) is 5.91 Å². The lowest BCUT2D eigenvalue weighted by atomic mass is 9.80. The second-order valence-electron chi connectivity index (χ2n) is 4.29. The SMILES string of the molecule is C/C=C/CNC(=O)C1CC12CCC2. The molecule has 2 aliphatic rings. The Bertz CT molecular complexity index is 240. The molecule has 13 heavy (non-hydrogen) atoms. The van der Waals surface area contributed by atoms with E-state index in [9.17, 15) is 4.79 Å². The summed E-state index contributed by atoms with van der Waals surface area (Å²) in [6, 6.07) is 0. The Hall–Kier alpha value is -0.790. The molecule has 1 N–H and O–H groups in total. The summed E-state index contributed by atoms with van der Waals surface area (Å²) in [5.74, 6) is 0.629. The predicted octanol–water partition coefficient (Wildman–Crippen LogP) is 1.87. The molecule has 0 aliphatic heterocycles. The van der Waals surface area contributed by atoms with Crippen LogP contribution < -0.4 is 5.32 Å². The summed E-state index contributed by atoms with van der Waals surface area (Å²) in [4.78, 5) is 11.5. The highest BCUT2D eigenvalue weighted by atomic mass is 16.2. The maximum Gasteiger partial charge on any atom is 0.223 e. The first kappa shape index (κ1) is 8.79. The topological polar surface area (TPSA) is 29.1 Å². The molecule has 1 atom stereocenters. The number of carbonyl (C=O) groups is 1. The van der Waals surface area contributed by atoms with Gasteiger partial charge in [0.1, 0.15) is 0 Å². The molecule has 0 radical (unpaired) electrons. The molecule has 2 heteroatoms. The number of nitrogens with one attached hydrogen (secondary N) is 1. The van der Waals surface area contributed by atoms with E-state index < -0.39 is 0 Å². The van der Waals surface area contributed by atoms with Crippen molar-refractivity contribution < 1.29 is 4.79 Å². The summed E-state index contributed by atoms with van der Waals surface area (Å²) in [5, 5.41) is 2.94. The maximum absolute atomic E-state index is 11.5. The zero-order valence-corrected chi connectivity index (χ0v) is 8.18. The van der Waals surface area contributed by atoms with Crippen LogP contribution in [-0.4, -0.2) is 12.5 Å². The molecule has 2 saturated carbocycles. The summed E-state index contributed by atoms with van der Waals surface area (Å²) in [5.41, 5.74) is 0.472. The summed E-state index contributed by atoms with van der Waals surface area (Å²) in [6.07, 6.45) is 9.00. The highest BCUT2D eigenvalue weighted by Crippen LogP contribution is 2.65. The van der Waals surface area contributed by atoms with Crippen molar-refractivity contribution in [2.45, 2.75) is 32.6 Å². The average Bonchev–Trinajstić information content (AvgIpc) is 2.78. The van der Waals surface area contributed by atoms with E-state index in [0.717, 1.165) is 6.42 Å². The summed E-state index contributed by atoms with van der Waals surface area (Å²) in [6.45, 7) is 2.67. The standard InChI is InChI=1S/C11H17NO/c1-2-3-7-12-10(13)9-8-11(9)5-4-6-11/h2-3,9H,4-8H2,1H3,(H,12,13)/b3-2+. The van der Waals surface area contributed by atoms with Crippen molar-refractivity contribution in [1.29, 1.82) is 0 Å². The number of allylic oxidation sites excluding steroid dienone is 1. The second kappa shape index (κ2) is 3.17. The van der Waals surface area contributed by atoms with Crippen LogP contribution in [0.3, 0.4) is 0 Å². The monoisotopic (exact) mass is 179 g/mol. The molecular formula is C11H17NO. The Balaban J connectivity index is 1.73. The first-order chi connectivity index (χ1) is 6.28. The first-order valence-electron chi connectivity index (χ1n) is 5.17. The minimum absolute atomic E-state index is 0.276. The minimum atomic E-state index is 0.276. The Morgan fingerprint density at radius 2 is 2.38 bits per heavy atom. The molecule has 0 aromatic heterocycles. The van der Waals surface area contributed by atoms with Crippen LogP contribution in [-0.2, 0) is 4.79 Å². The molecule has 72 valence electrons. The largest absolute Gasteiger partial charge is 0.352 e. The van der Waals surface area contributed by atoms with Crippen LogP contribution in [0.1, 0.15) is 32.6 Å². The van der Waals surface area contributed by atoms with Gasteiger partial charge in [0.15, 0.2) is 0 Å². The summed E-state index contributed by atoms with van der Waals surface area (Å²) < 4.78 is 0. The number of hydrogen-bond acceptors (Lipinski definition) is 1. The fourth-order valence-corrected chi connectivity index (χ4v) is 2.30. The zero-order chi connectivity index (χ0) is 9.31. The van der Waals surface area contributed by atoms with Crippen LogP contribution >= 0.6 is 0 Å². The molecule has 2 rings (SSSR count). The van der Waals surface area contributed by atoms with Crippen molar-refractivity contribution >= 4 is 5.91 Å². The predicted molar refractivity (Wildman–Crippen MR) is 52.2 cm³/mol. The van der Waals surface area contributed by atoms with Gasteiger partial charge in [-0.15, -0.1) is 0 Å². The van der Waals surface area contributed by atoms with E-state index in [1.807, 2.05) is 19.1 Å². The third-order valence-corrected chi connectivity index (χ3v) is 3.49. The number of carbonyl (C=O) groups excluding carboxylic acids is 1. The Kier molecular flexibility index (Phi) is 2.14. The van der Waals surface area contributed by atoms with Crippen LogP contribution in [0.5, 0.6) is 0 Å². The van der Waals surface area contributed by atoms with E-state index in [4.69, 9.17) is 0 Å². The molecule has 2 aliphatic carbocycles. The second-order valence-corrected chi connectivity index (χ2v) is 4.29. The first-order valence-corrected chi connectivity index (χ1v) is 5.17. The fourth-order valence-electron chi connectivity index (χ4n) is 2.30. The molecule has 2 nitrogen and oxygen atoms in total. The van der Waals surface area contributed by atoms with E-state index >= 15 is 0 Å². The van der Waals surface area contributed by atoms with Crippen LogP contribution in [0.4, 0.5) is 0 Å². The molecule has 1 unspecified atom stereocenters. The third kappa shape index (κ3) is 1.50. The molecular weight excluding hydrogens is 162 g/mol. The van der Waals surface area contributed by atoms with Gasteiger partial charge in [-0.2, -0.15) is 0 Å². The van der Waals surface area contributed by atoms with Crippen molar-refractivity contribution in [2.75, 3.05) is 6.54 Å². The van der Waals surface area contributed by atoms with Crippen LogP contribution in [0.25, 0.3) is 0 Å². The van der Waals surface area contributed by atoms with E-state index in [1.54, 1.807) is 0 Å².